The Balaban J connectivity index is 1.77. The average molecular weight is 411 g/mol. The van der Waals surface area contributed by atoms with Crippen LogP contribution in [-0.2, 0) is 4.79 Å². The van der Waals surface area contributed by atoms with Gasteiger partial charge in [-0.25, -0.2) is 0 Å². The number of nitrogens with zero attached hydrogens (tertiary/aromatic N) is 1. The third kappa shape index (κ3) is 15.0. The van der Waals surface area contributed by atoms with Gasteiger partial charge in [-0.15, -0.1) is 0 Å². The SMILES string of the molecule is CCCCCCCCCCCCCCCCCC(=O)NCN1C=CC(Cl)=CC1. The molecule has 0 aromatic rings. The van der Waals surface area contributed by atoms with Gasteiger partial charge in [0.2, 0.25) is 5.91 Å². The van der Waals surface area contributed by atoms with E-state index in [1.54, 1.807) is 0 Å². The first kappa shape index (κ1) is 25.1. The van der Waals surface area contributed by atoms with Crippen molar-refractivity contribution < 1.29 is 4.79 Å². The van der Waals surface area contributed by atoms with Crippen molar-refractivity contribution in [2.75, 3.05) is 13.2 Å². The van der Waals surface area contributed by atoms with E-state index in [2.05, 4.69) is 12.2 Å². The molecule has 0 bridgehead atoms. The highest BCUT2D eigenvalue weighted by molar-refractivity contribution is 6.31. The molecular weight excluding hydrogens is 368 g/mol. The van der Waals surface area contributed by atoms with Crippen molar-refractivity contribution in [1.29, 1.82) is 0 Å². The molecule has 3 nitrogen and oxygen atoms in total. The molecule has 1 heterocycles. The molecule has 1 amide bonds. The lowest BCUT2D eigenvalue weighted by Gasteiger charge is -2.21. The van der Waals surface area contributed by atoms with Crippen LogP contribution in [0, 0.1) is 0 Å². The molecule has 0 unspecified atom stereocenters. The fourth-order valence-electron chi connectivity index (χ4n) is 3.56. The predicted octanol–water partition coefficient (Wildman–Crippen LogP) is 7.27. The summed E-state index contributed by atoms with van der Waals surface area (Å²) in [6.45, 7) is 3.60. The second-order valence-corrected chi connectivity index (χ2v) is 8.57. The number of unbranched alkanes of at least 4 members (excludes halogenated alkanes) is 14. The van der Waals surface area contributed by atoms with E-state index < -0.39 is 0 Å². The largest absolute Gasteiger partial charge is 0.356 e. The lowest BCUT2D eigenvalue weighted by Crippen LogP contribution is -2.35. The molecule has 0 radical (unpaired) electrons. The fourth-order valence-corrected chi connectivity index (χ4v) is 3.69. The molecule has 162 valence electrons. The van der Waals surface area contributed by atoms with Gasteiger partial charge in [-0.05, 0) is 18.6 Å². The Morgan fingerprint density at radius 3 is 1.86 bits per heavy atom. The maximum absolute atomic E-state index is 11.9. The summed E-state index contributed by atoms with van der Waals surface area (Å²) >= 11 is 5.88. The topological polar surface area (TPSA) is 32.3 Å². The Kier molecular flexibility index (Phi) is 16.2. The average Bonchev–Trinajstić information content (AvgIpc) is 2.70. The quantitative estimate of drug-likeness (QED) is 0.241. The van der Waals surface area contributed by atoms with E-state index in [1.807, 2.05) is 23.3 Å². The number of nitrogens with one attached hydrogen (secondary N) is 1. The van der Waals surface area contributed by atoms with Gasteiger partial charge in [-0.1, -0.05) is 108 Å². The zero-order valence-corrected chi connectivity index (χ0v) is 18.9. The zero-order chi connectivity index (χ0) is 20.3. The lowest BCUT2D eigenvalue weighted by molar-refractivity contribution is -0.121. The molecule has 1 aliphatic heterocycles. The molecule has 1 rings (SSSR count). The summed E-state index contributed by atoms with van der Waals surface area (Å²) in [5.74, 6) is 0.156. The normalized spacial score (nSPS) is 13.6. The highest BCUT2D eigenvalue weighted by Crippen LogP contribution is 2.14. The van der Waals surface area contributed by atoms with Crippen LogP contribution in [0.1, 0.15) is 110 Å². The van der Waals surface area contributed by atoms with Gasteiger partial charge in [0.15, 0.2) is 0 Å². The van der Waals surface area contributed by atoms with Crippen molar-refractivity contribution >= 4 is 17.5 Å². The number of carbonyl (C=O) groups is 1. The van der Waals surface area contributed by atoms with Crippen molar-refractivity contribution in [3.8, 4) is 0 Å². The summed E-state index contributed by atoms with van der Waals surface area (Å²) in [7, 11) is 0. The summed E-state index contributed by atoms with van der Waals surface area (Å²) in [5.41, 5.74) is 0. The summed E-state index contributed by atoms with van der Waals surface area (Å²) in [6, 6.07) is 0. The molecule has 0 spiro atoms. The van der Waals surface area contributed by atoms with Crippen LogP contribution >= 0.6 is 11.6 Å². The minimum absolute atomic E-state index is 0.156. The van der Waals surface area contributed by atoms with Crippen LogP contribution in [-0.4, -0.2) is 24.0 Å². The molecule has 1 aliphatic rings. The molecular formula is C24H43ClN2O. The number of hydrogen-bond acceptors (Lipinski definition) is 2. The molecule has 0 atom stereocenters. The van der Waals surface area contributed by atoms with Crippen LogP contribution in [0.2, 0.25) is 0 Å². The molecule has 0 aromatic carbocycles. The number of amides is 1. The molecule has 0 fully saturated rings. The van der Waals surface area contributed by atoms with Crippen LogP contribution in [0.5, 0.6) is 0 Å². The molecule has 4 heteroatoms. The Labute approximate surface area is 179 Å². The third-order valence-corrected chi connectivity index (χ3v) is 5.73. The fraction of sp³-hybridized carbons (Fsp3) is 0.792. The second kappa shape index (κ2) is 18.1. The third-order valence-electron chi connectivity index (χ3n) is 5.45. The van der Waals surface area contributed by atoms with Crippen LogP contribution in [0.15, 0.2) is 23.4 Å². The van der Waals surface area contributed by atoms with E-state index in [0.29, 0.717) is 13.1 Å². The van der Waals surface area contributed by atoms with Gasteiger partial charge in [0.05, 0.1) is 6.67 Å². The van der Waals surface area contributed by atoms with Crippen molar-refractivity contribution in [2.45, 2.75) is 110 Å². The van der Waals surface area contributed by atoms with E-state index in [9.17, 15) is 4.79 Å². The molecule has 1 N–H and O–H groups in total. The summed E-state index contributed by atoms with van der Waals surface area (Å²) in [5, 5.41) is 3.74. The Morgan fingerprint density at radius 2 is 1.39 bits per heavy atom. The van der Waals surface area contributed by atoms with Crippen molar-refractivity contribution in [3.05, 3.63) is 23.4 Å². The minimum atomic E-state index is 0.156. The Bertz CT molecular complexity index is 448. The van der Waals surface area contributed by atoms with Gasteiger partial charge in [-0.2, -0.15) is 0 Å². The van der Waals surface area contributed by atoms with E-state index in [4.69, 9.17) is 11.6 Å². The molecule has 0 saturated heterocycles. The second-order valence-electron chi connectivity index (χ2n) is 8.13. The summed E-state index contributed by atoms with van der Waals surface area (Å²) < 4.78 is 0. The number of rotatable bonds is 18. The van der Waals surface area contributed by atoms with Gasteiger partial charge in [-0.3, -0.25) is 4.79 Å². The van der Waals surface area contributed by atoms with Gasteiger partial charge in [0.25, 0.3) is 0 Å². The van der Waals surface area contributed by atoms with E-state index >= 15 is 0 Å². The van der Waals surface area contributed by atoms with E-state index in [1.165, 1.54) is 89.9 Å². The maximum Gasteiger partial charge on any atom is 0.221 e. The number of allylic oxidation sites excluding steroid dienone is 2. The predicted molar refractivity (Wildman–Crippen MR) is 122 cm³/mol. The molecule has 0 aliphatic carbocycles. The first-order valence-electron chi connectivity index (χ1n) is 11.8. The van der Waals surface area contributed by atoms with Gasteiger partial charge in [0, 0.05) is 24.2 Å². The number of halogens is 1. The maximum atomic E-state index is 11.9. The molecule has 0 aromatic heterocycles. The van der Waals surface area contributed by atoms with E-state index in [-0.39, 0.29) is 5.91 Å². The highest BCUT2D eigenvalue weighted by atomic mass is 35.5. The smallest absolute Gasteiger partial charge is 0.221 e. The molecule has 28 heavy (non-hydrogen) atoms. The van der Waals surface area contributed by atoms with Crippen LogP contribution in [0.3, 0.4) is 0 Å². The zero-order valence-electron chi connectivity index (χ0n) is 18.2. The van der Waals surface area contributed by atoms with Crippen LogP contribution in [0.25, 0.3) is 0 Å². The lowest BCUT2D eigenvalue weighted by atomic mass is 10.0. The number of hydrogen-bond donors (Lipinski definition) is 1. The van der Waals surface area contributed by atoms with Gasteiger partial charge >= 0.3 is 0 Å². The summed E-state index contributed by atoms with van der Waals surface area (Å²) in [6.07, 6.45) is 26.6. The monoisotopic (exact) mass is 410 g/mol. The Morgan fingerprint density at radius 1 is 0.893 bits per heavy atom. The van der Waals surface area contributed by atoms with Gasteiger partial charge < -0.3 is 10.2 Å². The van der Waals surface area contributed by atoms with Crippen LogP contribution in [0.4, 0.5) is 0 Å². The van der Waals surface area contributed by atoms with Crippen LogP contribution < -0.4 is 5.32 Å². The first-order chi connectivity index (χ1) is 13.7. The van der Waals surface area contributed by atoms with Crippen molar-refractivity contribution in [3.63, 3.8) is 0 Å². The van der Waals surface area contributed by atoms with E-state index in [0.717, 1.165) is 18.0 Å². The standard InChI is InChI=1S/C24H43ClN2O/c1-2-3-4-5-6-7-8-9-10-11-12-13-14-15-16-17-24(28)26-22-27-20-18-23(25)19-21-27/h18-20H,2-17,21-22H2,1H3,(H,26,28). The van der Waals surface area contributed by atoms with Crippen molar-refractivity contribution in [1.82, 2.24) is 10.2 Å². The summed E-state index contributed by atoms with van der Waals surface area (Å²) in [4.78, 5) is 13.9. The van der Waals surface area contributed by atoms with Gasteiger partial charge in [0.1, 0.15) is 0 Å². The highest BCUT2D eigenvalue weighted by Gasteiger charge is 2.05. The first-order valence-corrected chi connectivity index (χ1v) is 12.1. The minimum Gasteiger partial charge on any atom is -0.356 e. The molecule has 0 saturated carbocycles. The van der Waals surface area contributed by atoms with Crippen molar-refractivity contribution in [2.24, 2.45) is 0 Å². The number of carbonyl (C=O) groups excluding carboxylic acids is 1. The Hall–Kier alpha value is -0.960.